The summed E-state index contributed by atoms with van der Waals surface area (Å²) in [7, 11) is 0. The van der Waals surface area contributed by atoms with Gasteiger partial charge < -0.3 is 9.52 Å². The topological polar surface area (TPSA) is 50.4 Å². The van der Waals surface area contributed by atoms with Crippen LogP contribution in [-0.2, 0) is 0 Å². The molecule has 0 radical (unpaired) electrons. The average molecular weight is 256 g/mol. The lowest BCUT2D eigenvalue weighted by Gasteiger charge is -2.18. The van der Waals surface area contributed by atoms with Gasteiger partial charge in [-0.1, -0.05) is 0 Å². The van der Waals surface area contributed by atoms with Gasteiger partial charge in [-0.25, -0.2) is 0 Å². The minimum Gasteiger partial charge on any atom is -0.506 e. The molecule has 1 aromatic rings. The van der Waals surface area contributed by atoms with Crippen molar-refractivity contribution in [2.75, 3.05) is 0 Å². The summed E-state index contributed by atoms with van der Waals surface area (Å²) in [5, 5.41) is 8.61. The van der Waals surface area contributed by atoms with Gasteiger partial charge in [0.15, 0.2) is 11.5 Å². The van der Waals surface area contributed by atoms with Crippen molar-refractivity contribution in [2.24, 2.45) is 0 Å². The summed E-state index contributed by atoms with van der Waals surface area (Å²) < 4.78 is 64.8. The summed E-state index contributed by atoms with van der Waals surface area (Å²) in [6, 6.07) is 2.29. The van der Waals surface area contributed by atoms with Crippen LogP contribution in [0.2, 0.25) is 0 Å². The SMILES string of the molecule is O=C(/C=C(\O)C(F)(F)C(F)(F)F)c1ccco1. The molecule has 0 aromatic carbocycles. The van der Waals surface area contributed by atoms with Gasteiger partial charge in [-0.3, -0.25) is 4.79 Å². The first-order valence-electron chi connectivity index (χ1n) is 4.10. The lowest BCUT2D eigenvalue weighted by Crippen LogP contribution is -2.38. The molecule has 1 N–H and O–H groups in total. The Morgan fingerprint density at radius 3 is 2.29 bits per heavy atom. The standard InChI is InChI=1S/C9H5F5O3/c10-8(11,9(12,13)14)7(16)4-5(15)6-2-1-3-17-6/h1-4,16H/b7-4-. The molecule has 94 valence electrons. The van der Waals surface area contributed by atoms with Crippen LogP contribution >= 0.6 is 0 Å². The van der Waals surface area contributed by atoms with E-state index in [0.717, 1.165) is 12.3 Å². The zero-order valence-corrected chi connectivity index (χ0v) is 7.96. The van der Waals surface area contributed by atoms with Crippen molar-refractivity contribution in [3.63, 3.8) is 0 Å². The van der Waals surface area contributed by atoms with E-state index in [9.17, 15) is 26.7 Å². The van der Waals surface area contributed by atoms with E-state index in [1.54, 1.807) is 0 Å². The summed E-state index contributed by atoms with van der Waals surface area (Å²) >= 11 is 0. The maximum absolute atomic E-state index is 12.5. The Hall–Kier alpha value is -1.86. The van der Waals surface area contributed by atoms with Crippen molar-refractivity contribution in [3.05, 3.63) is 36.0 Å². The fourth-order valence-electron chi connectivity index (χ4n) is 0.850. The molecule has 0 atom stereocenters. The number of furan rings is 1. The quantitative estimate of drug-likeness (QED) is 0.391. The Morgan fingerprint density at radius 2 is 1.88 bits per heavy atom. The largest absolute Gasteiger partial charge is 0.506 e. The molecule has 1 rings (SSSR count). The number of alkyl halides is 5. The third kappa shape index (κ3) is 2.63. The second-order valence-electron chi connectivity index (χ2n) is 2.94. The molecule has 0 bridgehead atoms. The first kappa shape index (κ1) is 13.2. The number of carbonyl (C=O) groups is 1. The first-order chi connectivity index (χ1) is 7.66. The van der Waals surface area contributed by atoms with Crippen molar-refractivity contribution < 1.29 is 36.3 Å². The number of aliphatic hydroxyl groups excluding tert-OH is 1. The van der Waals surface area contributed by atoms with E-state index in [0.29, 0.717) is 0 Å². The molecular formula is C9H5F5O3. The molecule has 0 aliphatic heterocycles. The predicted octanol–water partition coefficient (Wildman–Crippen LogP) is 3.10. The summed E-state index contributed by atoms with van der Waals surface area (Å²) in [6.07, 6.45) is -5.18. The molecule has 0 unspecified atom stereocenters. The summed E-state index contributed by atoms with van der Waals surface area (Å²) in [6.45, 7) is 0. The van der Waals surface area contributed by atoms with Crippen molar-refractivity contribution >= 4 is 5.78 Å². The number of allylic oxidation sites excluding steroid dienone is 2. The maximum Gasteiger partial charge on any atom is 0.461 e. The van der Waals surface area contributed by atoms with E-state index in [1.807, 2.05) is 0 Å². The van der Waals surface area contributed by atoms with Gasteiger partial charge in [-0.15, -0.1) is 0 Å². The molecule has 0 saturated heterocycles. The fraction of sp³-hybridized carbons (Fsp3) is 0.222. The Kier molecular flexibility index (Phi) is 3.25. The highest BCUT2D eigenvalue weighted by atomic mass is 19.4. The molecule has 17 heavy (non-hydrogen) atoms. The maximum atomic E-state index is 12.5. The van der Waals surface area contributed by atoms with Crippen molar-refractivity contribution in [1.29, 1.82) is 0 Å². The van der Waals surface area contributed by atoms with Gasteiger partial charge in [-0.05, 0) is 12.1 Å². The lowest BCUT2D eigenvalue weighted by atomic mass is 10.2. The molecule has 1 aromatic heterocycles. The fourth-order valence-corrected chi connectivity index (χ4v) is 0.850. The van der Waals surface area contributed by atoms with Gasteiger partial charge in [0, 0.05) is 6.08 Å². The van der Waals surface area contributed by atoms with Crippen LogP contribution in [0.5, 0.6) is 0 Å². The third-order valence-corrected chi connectivity index (χ3v) is 1.71. The highest BCUT2D eigenvalue weighted by Gasteiger charge is 2.61. The highest BCUT2D eigenvalue weighted by molar-refractivity contribution is 6.02. The van der Waals surface area contributed by atoms with Gasteiger partial charge in [0.1, 0.15) is 0 Å². The minimum absolute atomic E-state index is 0.230. The molecule has 0 saturated carbocycles. The van der Waals surface area contributed by atoms with Crippen molar-refractivity contribution in [2.45, 2.75) is 12.1 Å². The van der Waals surface area contributed by atoms with Crippen molar-refractivity contribution in [1.82, 2.24) is 0 Å². The minimum atomic E-state index is -5.98. The number of hydrogen-bond donors (Lipinski definition) is 1. The summed E-state index contributed by atoms with van der Waals surface area (Å²) in [5.41, 5.74) is 0. The number of carbonyl (C=O) groups excluding carboxylic acids is 1. The smallest absolute Gasteiger partial charge is 0.461 e. The second-order valence-corrected chi connectivity index (χ2v) is 2.94. The van der Waals surface area contributed by atoms with E-state index in [4.69, 9.17) is 5.11 Å². The molecule has 8 heteroatoms. The highest BCUT2D eigenvalue weighted by Crippen LogP contribution is 2.39. The second kappa shape index (κ2) is 4.19. The Labute approximate surface area is 91.1 Å². The molecule has 0 fully saturated rings. The van der Waals surface area contributed by atoms with Gasteiger partial charge in [0.25, 0.3) is 0 Å². The van der Waals surface area contributed by atoms with Gasteiger partial charge >= 0.3 is 12.1 Å². The van der Waals surface area contributed by atoms with Crippen LogP contribution in [0, 0.1) is 0 Å². The molecule has 1 heterocycles. The Morgan fingerprint density at radius 1 is 1.29 bits per heavy atom. The van der Waals surface area contributed by atoms with Crippen LogP contribution in [0.1, 0.15) is 10.6 Å². The monoisotopic (exact) mass is 256 g/mol. The average Bonchev–Trinajstić information content (AvgIpc) is 2.68. The Balaban J connectivity index is 2.98. The lowest BCUT2D eigenvalue weighted by molar-refractivity contribution is -0.274. The zero-order chi connectivity index (χ0) is 13.3. The summed E-state index contributed by atoms with van der Waals surface area (Å²) in [4.78, 5) is 11.1. The van der Waals surface area contributed by atoms with E-state index >= 15 is 0 Å². The number of halogens is 5. The van der Waals surface area contributed by atoms with E-state index < -0.39 is 29.4 Å². The van der Waals surface area contributed by atoms with E-state index in [2.05, 4.69) is 4.42 Å². The number of hydrogen-bond acceptors (Lipinski definition) is 3. The van der Waals surface area contributed by atoms with Gasteiger partial charge in [0.05, 0.1) is 6.26 Å². The molecule has 0 aliphatic carbocycles. The van der Waals surface area contributed by atoms with Crippen LogP contribution in [-0.4, -0.2) is 23.0 Å². The van der Waals surface area contributed by atoms with E-state index in [1.165, 1.54) is 6.07 Å². The van der Waals surface area contributed by atoms with Crippen LogP contribution < -0.4 is 0 Å². The number of aliphatic hydroxyl groups is 1. The zero-order valence-electron chi connectivity index (χ0n) is 7.96. The number of rotatable bonds is 3. The molecule has 3 nitrogen and oxygen atoms in total. The van der Waals surface area contributed by atoms with Crippen LogP contribution in [0.25, 0.3) is 0 Å². The molecule has 0 spiro atoms. The summed E-state index contributed by atoms with van der Waals surface area (Å²) in [5.74, 6) is -9.62. The molecule has 0 amide bonds. The van der Waals surface area contributed by atoms with Crippen LogP contribution in [0.4, 0.5) is 22.0 Å². The normalized spacial score (nSPS) is 13.8. The molecule has 0 aliphatic rings. The number of ketones is 1. The van der Waals surface area contributed by atoms with E-state index in [-0.39, 0.29) is 6.08 Å². The molecular weight excluding hydrogens is 251 g/mol. The van der Waals surface area contributed by atoms with Crippen LogP contribution in [0.3, 0.4) is 0 Å². The third-order valence-electron chi connectivity index (χ3n) is 1.71. The van der Waals surface area contributed by atoms with Crippen molar-refractivity contribution in [3.8, 4) is 0 Å². The van der Waals surface area contributed by atoms with Gasteiger partial charge in [0.2, 0.25) is 5.78 Å². The predicted molar refractivity (Wildman–Crippen MR) is 44.8 cm³/mol. The first-order valence-corrected chi connectivity index (χ1v) is 4.10. The van der Waals surface area contributed by atoms with Gasteiger partial charge in [-0.2, -0.15) is 22.0 Å². The Bertz CT molecular complexity index is 430. The van der Waals surface area contributed by atoms with Crippen LogP contribution in [0.15, 0.2) is 34.6 Å².